The van der Waals surface area contributed by atoms with E-state index < -0.39 is 6.04 Å². The molecule has 0 aliphatic rings. The second kappa shape index (κ2) is 5.58. The highest BCUT2D eigenvalue weighted by atomic mass is 16.5. The Balaban J connectivity index is 3.03. The molecule has 15 heavy (non-hydrogen) atoms. The number of rotatable bonds is 5. The Labute approximate surface area is 89.6 Å². The molecule has 0 aliphatic heterocycles. The van der Waals surface area contributed by atoms with Gasteiger partial charge >= 0.3 is 0 Å². The Morgan fingerprint density at radius 2 is 2.20 bits per heavy atom. The second-order valence-electron chi connectivity index (χ2n) is 3.13. The van der Waals surface area contributed by atoms with E-state index in [1.165, 1.54) is 0 Å². The molecule has 3 N–H and O–H groups in total. The van der Waals surface area contributed by atoms with Crippen molar-refractivity contribution in [3.8, 4) is 11.5 Å². The van der Waals surface area contributed by atoms with Gasteiger partial charge in [-0.3, -0.25) is 0 Å². The van der Waals surface area contributed by atoms with Crippen LogP contribution in [0.1, 0.15) is 18.5 Å². The highest BCUT2D eigenvalue weighted by Gasteiger charge is 2.12. The van der Waals surface area contributed by atoms with Crippen molar-refractivity contribution >= 4 is 0 Å². The highest BCUT2D eigenvalue weighted by molar-refractivity contribution is 5.42. The molecule has 0 radical (unpaired) electrons. The van der Waals surface area contributed by atoms with E-state index in [0.717, 1.165) is 5.56 Å². The van der Waals surface area contributed by atoms with Crippen molar-refractivity contribution in [2.24, 2.45) is 5.73 Å². The zero-order valence-corrected chi connectivity index (χ0v) is 9.06. The van der Waals surface area contributed by atoms with E-state index in [9.17, 15) is 0 Å². The van der Waals surface area contributed by atoms with Gasteiger partial charge in [0.05, 0.1) is 26.4 Å². The number of nitrogens with two attached hydrogens (primary N) is 1. The molecule has 1 rings (SSSR count). The third-order valence-corrected chi connectivity index (χ3v) is 2.12. The summed E-state index contributed by atoms with van der Waals surface area (Å²) in [6.45, 7) is 2.35. The lowest BCUT2D eigenvalue weighted by molar-refractivity contribution is 0.261. The molecule has 0 aromatic heterocycles. The van der Waals surface area contributed by atoms with Gasteiger partial charge in [0.1, 0.15) is 11.5 Å². The molecule has 0 spiro atoms. The number of methoxy groups -OCH3 is 1. The minimum Gasteiger partial charge on any atom is -0.497 e. The van der Waals surface area contributed by atoms with Crippen LogP contribution in [-0.4, -0.2) is 25.4 Å². The third kappa shape index (κ3) is 2.84. The summed E-state index contributed by atoms with van der Waals surface area (Å²) in [5.74, 6) is 1.38. The molecule has 4 heteroatoms. The lowest BCUT2D eigenvalue weighted by Crippen LogP contribution is -2.15. The Morgan fingerprint density at radius 1 is 1.47 bits per heavy atom. The van der Waals surface area contributed by atoms with Gasteiger partial charge in [-0.1, -0.05) is 0 Å². The van der Waals surface area contributed by atoms with Crippen LogP contribution in [0.2, 0.25) is 0 Å². The molecule has 0 heterocycles. The van der Waals surface area contributed by atoms with Gasteiger partial charge in [0.15, 0.2) is 0 Å². The van der Waals surface area contributed by atoms with Gasteiger partial charge in [-0.05, 0) is 19.1 Å². The van der Waals surface area contributed by atoms with Crippen molar-refractivity contribution in [3.63, 3.8) is 0 Å². The van der Waals surface area contributed by atoms with Crippen LogP contribution in [0.15, 0.2) is 18.2 Å². The summed E-state index contributed by atoms with van der Waals surface area (Å²) in [7, 11) is 1.59. The molecule has 0 fully saturated rings. The van der Waals surface area contributed by atoms with Gasteiger partial charge in [-0.2, -0.15) is 0 Å². The maximum absolute atomic E-state index is 9.00. The fraction of sp³-hybridized carbons (Fsp3) is 0.455. The fourth-order valence-corrected chi connectivity index (χ4v) is 1.33. The molecule has 0 bridgehead atoms. The minimum absolute atomic E-state index is 0.105. The van der Waals surface area contributed by atoms with E-state index in [-0.39, 0.29) is 6.61 Å². The van der Waals surface area contributed by atoms with Crippen LogP contribution < -0.4 is 15.2 Å². The summed E-state index contributed by atoms with van der Waals surface area (Å²) in [5.41, 5.74) is 6.54. The Hall–Kier alpha value is -1.26. The van der Waals surface area contributed by atoms with E-state index >= 15 is 0 Å². The number of hydrogen-bond donors (Lipinski definition) is 2. The number of aliphatic hydroxyl groups is 1. The Morgan fingerprint density at radius 3 is 2.73 bits per heavy atom. The van der Waals surface area contributed by atoms with Crippen LogP contribution in [0.5, 0.6) is 11.5 Å². The van der Waals surface area contributed by atoms with Crippen LogP contribution >= 0.6 is 0 Å². The smallest absolute Gasteiger partial charge is 0.127 e. The lowest BCUT2D eigenvalue weighted by atomic mass is 10.1. The van der Waals surface area contributed by atoms with Gasteiger partial charge in [-0.25, -0.2) is 0 Å². The Kier molecular flexibility index (Phi) is 4.39. The van der Waals surface area contributed by atoms with Crippen molar-refractivity contribution in [1.29, 1.82) is 0 Å². The van der Waals surface area contributed by atoms with Gasteiger partial charge in [0, 0.05) is 11.6 Å². The van der Waals surface area contributed by atoms with Crippen molar-refractivity contribution < 1.29 is 14.6 Å². The first-order chi connectivity index (χ1) is 7.22. The minimum atomic E-state index is -0.419. The maximum Gasteiger partial charge on any atom is 0.127 e. The molecule has 0 saturated heterocycles. The van der Waals surface area contributed by atoms with Crippen molar-refractivity contribution in [2.75, 3.05) is 20.3 Å². The van der Waals surface area contributed by atoms with Gasteiger partial charge < -0.3 is 20.3 Å². The lowest BCUT2D eigenvalue weighted by Gasteiger charge is -2.15. The first-order valence-electron chi connectivity index (χ1n) is 4.90. The van der Waals surface area contributed by atoms with E-state index in [1.807, 2.05) is 13.0 Å². The van der Waals surface area contributed by atoms with Crippen LogP contribution in [0.3, 0.4) is 0 Å². The number of aliphatic hydroxyl groups excluding tert-OH is 1. The van der Waals surface area contributed by atoms with Gasteiger partial charge in [0.25, 0.3) is 0 Å². The number of hydrogen-bond acceptors (Lipinski definition) is 4. The average Bonchev–Trinajstić information content (AvgIpc) is 2.28. The maximum atomic E-state index is 9.00. The summed E-state index contributed by atoms with van der Waals surface area (Å²) >= 11 is 0. The van der Waals surface area contributed by atoms with E-state index in [1.54, 1.807) is 19.2 Å². The van der Waals surface area contributed by atoms with Gasteiger partial charge in [0.2, 0.25) is 0 Å². The fourth-order valence-electron chi connectivity index (χ4n) is 1.33. The molecule has 0 saturated carbocycles. The molecule has 1 unspecified atom stereocenters. The molecule has 1 aromatic rings. The van der Waals surface area contributed by atoms with Crippen molar-refractivity contribution in [1.82, 2.24) is 0 Å². The average molecular weight is 211 g/mol. The molecule has 1 aromatic carbocycles. The molecular weight excluding hydrogens is 194 g/mol. The normalized spacial score (nSPS) is 12.3. The molecule has 0 aliphatic carbocycles. The number of benzene rings is 1. The molecular formula is C11H17NO3. The van der Waals surface area contributed by atoms with E-state index in [2.05, 4.69) is 0 Å². The molecule has 1 atom stereocenters. The molecule has 4 nitrogen and oxygen atoms in total. The van der Waals surface area contributed by atoms with Crippen molar-refractivity contribution in [2.45, 2.75) is 13.0 Å². The van der Waals surface area contributed by atoms with Crippen LogP contribution in [0, 0.1) is 0 Å². The molecule has 0 amide bonds. The predicted octanol–water partition coefficient (Wildman–Crippen LogP) is 1.09. The monoisotopic (exact) mass is 211 g/mol. The third-order valence-electron chi connectivity index (χ3n) is 2.12. The summed E-state index contributed by atoms with van der Waals surface area (Å²) < 4.78 is 10.5. The van der Waals surface area contributed by atoms with E-state index in [4.69, 9.17) is 20.3 Å². The summed E-state index contributed by atoms with van der Waals surface area (Å²) in [6.07, 6.45) is 0. The summed E-state index contributed by atoms with van der Waals surface area (Å²) in [6, 6.07) is 4.96. The largest absolute Gasteiger partial charge is 0.497 e. The zero-order valence-electron chi connectivity index (χ0n) is 9.06. The summed E-state index contributed by atoms with van der Waals surface area (Å²) in [4.78, 5) is 0. The standard InChI is InChI=1S/C11H17NO3/c1-3-15-11-6-8(14-2)4-5-9(11)10(12)7-13/h4-6,10,13H,3,7,12H2,1-2H3. The van der Waals surface area contributed by atoms with Crippen LogP contribution in [0.25, 0.3) is 0 Å². The molecule has 84 valence electrons. The SMILES string of the molecule is CCOc1cc(OC)ccc1C(N)CO. The summed E-state index contributed by atoms with van der Waals surface area (Å²) in [5, 5.41) is 9.00. The van der Waals surface area contributed by atoms with Crippen LogP contribution in [-0.2, 0) is 0 Å². The topological polar surface area (TPSA) is 64.7 Å². The van der Waals surface area contributed by atoms with Crippen LogP contribution in [0.4, 0.5) is 0 Å². The quantitative estimate of drug-likeness (QED) is 0.765. The number of ether oxygens (including phenoxy) is 2. The predicted molar refractivity (Wildman–Crippen MR) is 58.2 cm³/mol. The first-order valence-corrected chi connectivity index (χ1v) is 4.90. The highest BCUT2D eigenvalue weighted by Crippen LogP contribution is 2.28. The van der Waals surface area contributed by atoms with E-state index in [0.29, 0.717) is 18.1 Å². The zero-order chi connectivity index (χ0) is 11.3. The first kappa shape index (κ1) is 11.8. The Bertz CT molecular complexity index is 315. The second-order valence-corrected chi connectivity index (χ2v) is 3.13. The van der Waals surface area contributed by atoms with Gasteiger partial charge in [-0.15, -0.1) is 0 Å². The van der Waals surface area contributed by atoms with Crippen molar-refractivity contribution in [3.05, 3.63) is 23.8 Å².